The molecule has 2 atom stereocenters. The average Bonchev–Trinajstić information content (AvgIpc) is 2.36. The molecule has 0 radical (unpaired) electrons. The van der Waals surface area contributed by atoms with E-state index in [2.05, 4.69) is 17.1 Å². The summed E-state index contributed by atoms with van der Waals surface area (Å²) in [5, 5.41) is 3.13. The van der Waals surface area contributed by atoms with Gasteiger partial charge in [-0.25, -0.2) is 0 Å². The molecule has 4 nitrogen and oxygen atoms in total. The van der Waals surface area contributed by atoms with E-state index in [1.54, 1.807) is 0 Å². The zero-order valence-electron chi connectivity index (χ0n) is 13.0. The van der Waals surface area contributed by atoms with Crippen molar-refractivity contribution in [2.75, 3.05) is 27.2 Å². The van der Waals surface area contributed by atoms with Crippen LogP contribution >= 0.6 is 0 Å². The minimum atomic E-state index is -0.587. The number of nitrogens with one attached hydrogen (secondary N) is 1. The van der Waals surface area contributed by atoms with E-state index in [0.29, 0.717) is 6.04 Å². The van der Waals surface area contributed by atoms with Gasteiger partial charge in [0.15, 0.2) is 0 Å². The van der Waals surface area contributed by atoms with Gasteiger partial charge in [0.1, 0.15) is 5.54 Å². The number of methoxy groups -OCH3 is 1. The number of hydrogen-bond donors (Lipinski definition) is 1. The third-order valence-electron chi connectivity index (χ3n) is 4.41. The van der Waals surface area contributed by atoms with Gasteiger partial charge in [0.25, 0.3) is 0 Å². The van der Waals surface area contributed by atoms with Crippen LogP contribution in [0.1, 0.15) is 52.4 Å². The molecule has 1 saturated heterocycles. The zero-order chi connectivity index (χ0) is 14.3. The molecule has 2 unspecified atom stereocenters. The third kappa shape index (κ3) is 4.77. The lowest BCUT2D eigenvalue weighted by Gasteiger charge is -2.36. The number of nitrogens with zero attached hydrogens (tertiary/aromatic N) is 1. The van der Waals surface area contributed by atoms with Crippen molar-refractivity contribution in [2.45, 2.75) is 64.0 Å². The maximum absolute atomic E-state index is 11.9. The van der Waals surface area contributed by atoms with Gasteiger partial charge in [-0.2, -0.15) is 0 Å². The summed E-state index contributed by atoms with van der Waals surface area (Å²) in [6.07, 6.45) is 7.39. The Morgan fingerprint density at radius 2 is 1.79 bits per heavy atom. The molecule has 112 valence electrons. The number of rotatable bonds is 5. The molecule has 1 fully saturated rings. The molecule has 1 N–H and O–H groups in total. The smallest absolute Gasteiger partial charge is 0.325 e. The van der Waals surface area contributed by atoms with Crippen LogP contribution in [0.5, 0.6) is 0 Å². The van der Waals surface area contributed by atoms with Crippen LogP contribution in [-0.2, 0) is 9.53 Å². The average molecular weight is 270 g/mol. The topological polar surface area (TPSA) is 41.6 Å². The van der Waals surface area contributed by atoms with Crippen molar-refractivity contribution in [3.63, 3.8) is 0 Å². The molecule has 0 aromatic carbocycles. The number of ether oxygens (including phenoxy) is 1. The first-order chi connectivity index (χ1) is 9.03. The normalized spacial score (nSPS) is 22.9. The highest BCUT2D eigenvalue weighted by atomic mass is 16.5. The lowest BCUT2D eigenvalue weighted by atomic mass is 9.92. The van der Waals surface area contributed by atoms with Crippen molar-refractivity contribution in [3.05, 3.63) is 0 Å². The molecule has 0 amide bonds. The molecule has 0 aliphatic carbocycles. The quantitative estimate of drug-likeness (QED) is 0.778. The summed E-state index contributed by atoms with van der Waals surface area (Å²) < 4.78 is 4.92. The summed E-state index contributed by atoms with van der Waals surface area (Å²) in [4.78, 5) is 14.4. The molecule has 0 bridgehead atoms. The number of esters is 1. The summed E-state index contributed by atoms with van der Waals surface area (Å²) in [7, 11) is 3.29. The molecule has 19 heavy (non-hydrogen) atoms. The Hall–Kier alpha value is -0.610. The van der Waals surface area contributed by atoms with Crippen LogP contribution in [0.3, 0.4) is 0 Å². The van der Waals surface area contributed by atoms with Gasteiger partial charge >= 0.3 is 5.97 Å². The molecule has 1 aliphatic heterocycles. The number of carbonyl (C=O) groups excluding carboxylic acids is 1. The van der Waals surface area contributed by atoms with Crippen LogP contribution in [0.15, 0.2) is 0 Å². The Balaban J connectivity index is 2.59. The Morgan fingerprint density at radius 3 is 2.26 bits per heavy atom. The van der Waals surface area contributed by atoms with Crippen LogP contribution < -0.4 is 5.32 Å². The second-order valence-corrected chi connectivity index (χ2v) is 5.93. The van der Waals surface area contributed by atoms with E-state index < -0.39 is 5.54 Å². The summed E-state index contributed by atoms with van der Waals surface area (Å²) in [5.74, 6) is -0.172. The van der Waals surface area contributed by atoms with E-state index >= 15 is 0 Å². The van der Waals surface area contributed by atoms with Crippen LogP contribution in [0, 0.1) is 0 Å². The standard InChI is InChI=1S/C15H30N2O2/c1-13(12-15(2,16-3)14(18)19-4)17-10-8-6-5-7-9-11-17/h13,16H,5-12H2,1-4H3. The lowest BCUT2D eigenvalue weighted by molar-refractivity contribution is -0.148. The van der Waals surface area contributed by atoms with Gasteiger partial charge in [-0.3, -0.25) is 4.79 Å². The van der Waals surface area contributed by atoms with E-state index in [0.717, 1.165) is 19.5 Å². The van der Waals surface area contributed by atoms with E-state index in [4.69, 9.17) is 4.74 Å². The first-order valence-electron chi connectivity index (χ1n) is 7.55. The van der Waals surface area contributed by atoms with Gasteiger partial charge in [0.2, 0.25) is 0 Å². The Labute approximate surface area is 117 Å². The number of hydrogen-bond acceptors (Lipinski definition) is 4. The monoisotopic (exact) mass is 270 g/mol. The van der Waals surface area contributed by atoms with E-state index in [9.17, 15) is 4.79 Å². The summed E-state index contributed by atoms with van der Waals surface area (Å²) in [6.45, 7) is 6.46. The summed E-state index contributed by atoms with van der Waals surface area (Å²) in [6, 6.07) is 0.398. The van der Waals surface area contributed by atoms with E-state index in [1.807, 2.05) is 14.0 Å². The van der Waals surface area contributed by atoms with Gasteiger partial charge < -0.3 is 15.0 Å². The Kier molecular flexibility index (Phi) is 6.80. The Bertz CT molecular complexity index is 275. The molecule has 4 heteroatoms. The molecule has 1 aliphatic rings. The Morgan fingerprint density at radius 1 is 1.26 bits per heavy atom. The number of likely N-dealkylation sites (tertiary alicyclic amines) is 1. The molecule has 1 rings (SSSR count). The van der Waals surface area contributed by atoms with Gasteiger partial charge in [-0.1, -0.05) is 19.3 Å². The summed E-state index contributed by atoms with van der Waals surface area (Å²) in [5.41, 5.74) is -0.587. The first kappa shape index (κ1) is 16.4. The van der Waals surface area contributed by atoms with Crippen molar-refractivity contribution in [2.24, 2.45) is 0 Å². The van der Waals surface area contributed by atoms with Crippen molar-refractivity contribution in [1.29, 1.82) is 0 Å². The molecule has 1 heterocycles. The van der Waals surface area contributed by atoms with Crippen molar-refractivity contribution in [3.8, 4) is 0 Å². The van der Waals surface area contributed by atoms with Crippen LogP contribution in [-0.4, -0.2) is 49.7 Å². The fourth-order valence-corrected chi connectivity index (χ4v) is 2.95. The number of likely N-dealkylation sites (N-methyl/N-ethyl adjacent to an activating group) is 1. The van der Waals surface area contributed by atoms with E-state index in [1.165, 1.54) is 39.2 Å². The maximum atomic E-state index is 11.9. The third-order valence-corrected chi connectivity index (χ3v) is 4.41. The van der Waals surface area contributed by atoms with Gasteiger partial charge in [0, 0.05) is 6.04 Å². The fraction of sp³-hybridized carbons (Fsp3) is 0.933. The highest BCUT2D eigenvalue weighted by molar-refractivity contribution is 5.80. The minimum absolute atomic E-state index is 0.172. The predicted molar refractivity (Wildman–Crippen MR) is 78.2 cm³/mol. The van der Waals surface area contributed by atoms with Gasteiger partial charge in [0.05, 0.1) is 7.11 Å². The maximum Gasteiger partial charge on any atom is 0.325 e. The second kappa shape index (κ2) is 7.85. The van der Waals surface area contributed by atoms with Crippen LogP contribution in [0.4, 0.5) is 0 Å². The summed E-state index contributed by atoms with van der Waals surface area (Å²) >= 11 is 0. The van der Waals surface area contributed by atoms with Crippen molar-refractivity contribution < 1.29 is 9.53 Å². The minimum Gasteiger partial charge on any atom is -0.468 e. The number of carbonyl (C=O) groups is 1. The molecular weight excluding hydrogens is 240 g/mol. The first-order valence-corrected chi connectivity index (χ1v) is 7.55. The lowest BCUT2D eigenvalue weighted by Crippen LogP contribution is -2.53. The molecule has 0 aromatic rings. The van der Waals surface area contributed by atoms with Crippen molar-refractivity contribution in [1.82, 2.24) is 10.2 Å². The fourth-order valence-electron chi connectivity index (χ4n) is 2.95. The highest BCUT2D eigenvalue weighted by Crippen LogP contribution is 2.20. The molecule has 0 aromatic heterocycles. The molecule has 0 spiro atoms. The largest absolute Gasteiger partial charge is 0.468 e. The SMILES string of the molecule is CNC(C)(CC(C)N1CCCCCCC1)C(=O)OC. The zero-order valence-corrected chi connectivity index (χ0v) is 13.0. The van der Waals surface area contributed by atoms with Gasteiger partial charge in [-0.05, 0) is 53.2 Å². The molecular formula is C15H30N2O2. The molecule has 0 saturated carbocycles. The van der Waals surface area contributed by atoms with Crippen LogP contribution in [0.25, 0.3) is 0 Å². The van der Waals surface area contributed by atoms with E-state index in [-0.39, 0.29) is 5.97 Å². The van der Waals surface area contributed by atoms with Crippen LogP contribution in [0.2, 0.25) is 0 Å². The van der Waals surface area contributed by atoms with Gasteiger partial charge in [-0.15, -0.1) is 0 Å². The predicted octanol–water partition coefficient (Wildman–Crippen LogP) is 2.18. The second-order valence-electron chi connectivity index (χ2n) is 5.93. The van der Waals surface area contributed by atoms with Crippen molar-refractivity contribution >= 4 is 5.97 Å². The highest BCUT2D eigenvalue weighted by Gasteiger charge is 2.35.